The zero-order valence-electron chi connectivity index (χ0n) is 14.6. The monoisotopic (exact) mass is 317 g/mol. The highest BCUT2D eigenvalue weighted by atomic mass is 16.5. The molecule has 0 atom stereocenters. The standard InChI is InChI=1S/C20H31NO2/c1-3-4-5-6-7-8-9-10-11-12-13-18-14-16-19(17-15-18)20(22)21(2)23/h12-17,23H,3-11H2,1-2H3/b13-12+. The summed E-state index contributed by atoms with van der Waals surface area (Å²) < 4.78 is 0. The molecule has 0 aliphatic rings. The van der Waals surface area contributed by atoms with Crippen LogP contribution in [0.25, 0.3) is 6.08 Å². The van der Waals surface area contributed by atoms with Gasteiger partial charge in [-0.25, -0.2) is 5.06 Å². The molecule has 1 N–H and O–H groups in total. The number of hydrogen-bond acceptors (Lipinski definition) is 2. The Morgan fingerprint density at radius 1 is 1.00 bits per heavy atom. The Morgan fingerprint density at radius 2 is 1.57 bits per heavy atom. The molecular weight excluding hydrogens is 286 g/mol. The molecule has 0 saturated heterocycles. The summed E-state index contributed by atoms with van der Waals surface area (Å²) in [5.74, 6) is -0.389. The zero-order valence-corrected chi connectivity index (χ0v) is 14.6. The number of unbranched alkanes of at least 4 members (excludes halogenated alkanes) is 8. The number of allylic oxidation sites excluding steroid dienone is 1. The third-order valence-corrected chi connectivity index (χ3v) is 3.99. The first-order chi connectivity index (χ1) is 11.1. The summed E-state index contributed by atoms with van der Waals surface area (Å²) in [6.07, 6.45) is 16.2. The van der Waals surface area contributed by atoms with Gasteiger partial charge in [0.2, 0.25) is 0 Å². The number of hydrogen-bond donors (Lipinski definition) is 1. The number of nitrogens with zero attached hydrogens (tertiary/aromatic N) is 1. The Hall–Kier alpha value is -1.61. The molecule has 0 aliphatic carbocycles. The zero-order chi connectivity index (χ0) is 16.9. The maximum absolute atomic E-state index is 11.6. The lowest BCUT2D eigenvalue weighted by Crippen LogP contribution is -2.22. The molecule has 1 amide bonds. The largest absolute Gasteiger partial charge is 0.286 e. The van der Waals surface area contributed by atoms with Crippen LogP contribution in [0.3, 0.4) is 0 Å². The second-order valence-electron chi connectivity index (χ2n) is 6.12. The first-order valence-electron chi connectivity index (χ1n) is 8.88. The van der Waals surface area contributed by atoms with Gasteiger partial charge < -0.3 is 0 Å². The van der Waals surface area contributed by atoms with Gasteiger partial charge in [0.15, 0.2) is 0 Å². The van der Waals surface area contributed by atoms with Gasteiger partial charge in [-0.2, -0.15) is 0 Å². The fourth-order valence-corrected chi connectivity index (χ4v) is 2.54. The molecule has 23 heavy (non-hydrogen) atoms. The van der Waals surface area contributed by atoms with Crippen molar-refractivity contribution in [2.75, 3.05) is 7.05 Å². The van der Waals surface area contributed by atoms with E-state index in [4.69, 9.17) is 5.21 Å². The van der Waals surface area contributed by atoms with Crippen LogP contribution in [0.4, 0.5) is 0 Å². The Labute approximate surface area is 141 Å². The van der Waals surface area contributed by atoms with E-state index in [2.05, 4.69) is 19.1 Å². The number of rotatable bonds is 11. The van der Waals surface area contributed by atoms with Crippen molar-refractivity contribution >= 4 is 12.0 Å². The third kappa shape index (κ3) is 8.56. The van der Waals surface area contributed by atoms with Gasteiger partial charge in [-0.05, 0) is 30.5 Å². The summed E-state index contributed by atoms with van der Waals surface area (Å²) in [7, 11) is 1.33. The minimum absolute atomic E-state index is 0.389. The van der Waals surface area contributed by atoms with Gasteiger partial charge in [0.05, 0.1) is 0 Å². The molecule has 1 aromatic carbocycles. The lowest BCUT2D eigenvalue weighted by molar-refractivity contribution is -0.0374. The van der Waals surface area contributed by atoms with Crippen molar-refractivity contribution in [3.05, 3.63) is 41.5 Å². The van der Waals surface area contributed by atoms with Crippen LogP contribution in [0.1, 0.15) is 80.6 Å². The van der Waals surface area contributed by atoms with Crippen molar-refractivity contribution in [2.24, 2.45) is 0 Å². The quantitative estimate of drug-likeness (QED) is 0.323. The highest BCUT2D eigenvalue weighted by molar-refractivity contribution is 5.93. The molecule has 0 saturated carbocycles. The Bertz CT molecular complexity index is 463. The first kappa shape index (κ1) is 19.4. The van der Waals surface area contributed by atoms with Crippen molar-refractivity contribution in [1.29, 1.82) is 0 Å². The normalized spacial score (nSPS) is 11.1. The minimum Gasteiger partial charge on any atom is -0.286 e. The fourth-order valence-electron chi connectivity index (χ4n) is 2.54. The molecule has 0 heterocycles. The van der Waals surface area contributed by atoms with Crippen LogP contribution >= 0.6 is 0 Å². The van der Waals surface area contributed by atoms with E-state index in [9.17, 15) is 4.79 Å². The van der Waals surface area contributed by atoms with Crippen molar-refractivity contribution < 1.29 is 10.0 Å². The fraction of sp³-hybridized carbons (Fsp3) is 0.550. The predicted octanol–water partition coefficient (Wildman–Crippen LogP) is 5.69. The molecule has 0 spiro atoms. The number of hydroxylamine groups is 2. The van der Waals surface area contributed by atoms with E-state index in [1.54, 1.807) is 12.1 Å². The summed E-state index contributed by atoms with van der Waals surface area (Å²) in [5, 5.41) is 9.72. The second kappa shape index (κ2) is 11.9. The molecule has 128 valence electrons. The van der Waals surface area contributed by atoms with Crippen LogP contribution < -0.4 is 0 Å². The van der Waals surface area contributed by atoms with E-state index in [-0.39, 0.29) is 5.91 Å². The van der Waals surface area contributed by atoms with Gasteiger partial charge in [-0.3, -0.25) is 10.0 Å². The van der Waals surface area contributed by atoms with E-state index in [0.29, 0.717) is 10.6 Å². The molecule has 0 radical (unpaired) electrons. The summed E-state index contributed by atoms with van der Waals surface area (Å²) >= 11 is 0. The Balaban J connectivity index is 2.16. The molecular formula is C20H31NO2. The molecule has 3 heteroatoms. The molecule has 1 rings (SSSR count). The van der Waals surface area contributed by atoms with Gasteiger partial charge in [0, 0.05) is 12.6 Å². The van der Waals surface area contributed by atoms with Crippen molar-refractivity contribution in [3.63, 3.8) is 0 Å². The van der Waals surface area contributed by atoms with E-state index in [1.165, 1.54) is 58.4 Å². The van der Waals surface area contributed by atoms with Gasteiger partial charge in [0.1, 0.15) is 0 Å². The smallest absolute Gasteiger partial charge is 0.276 e. The summed E-state index contributed by atoms with van der Waals surface area (Å²) in [4.78, 5) is 11.6. The highest BCUT2D eigenvalue weighted by Crippen LogP contribution is 2.11. The van der Waals surface area contributed by atoms with Crippen LogP contribution in [-0.2, 0) is 0 Å². The lowest BCUT2D eigenvalue weighted by atomic mass is 10.1. The molecule has 3 nitrogen and oxygen atoms in total. The van der Waals surface area contributed by atoms with Crippen molar-refractivity contribution in [2.45, 2.75) is 64.7 Å². The van der Waals surface area contributed by atoms with Crippen LogP contribution in [0, 0.1) is 0 Å². The first-order valence-corrected chi connectivity index (χ1v) is 8.88. The second-order valence-corrected chi connectivity index (χ2v) is 6.12. The van der Waals surface area contributed by atoms with E-state index >= 15 is 0 Å². The lowest BCUT2D eigenvalue weighted by Gasteiger charge is -2.07. The molecule has 0 aromatic heterocycles. The molecule has 0 aliphatic heterocycles. The number of amides is 1. The maximum Gasteiger partial charge on any atom is 0.276 e. The topological polar surface area (TPSA) is 40.5 Å². The summed E-state index contributed by atoms with van der Waals surface area (Å²) in [6.45, 7) is 2.25. The minimum atomic E-state index is -0.389. The van der Waals surface area contributed by atoms with Crippen LogP contribution in [0.5, 0.6) is 0 Å². The van der Waals surface area contributed by atoms with Gasteiger partial charge in [0.25, 0.3) is 5.91 Å². The molecule has 0 fully saturated rings. The van der Waals surface area contributed by atoms with Gasteiger partial charge in [-0.15, -0.1) is 0 Å². The maximum atomic E-state index is 11.6. The van der Waals surface area contributed by atoms with E-state index < -0.39 is 0 Å². The number of benzene rings is 1. The summed E-state index contributed by atoms with van der Waals surface area (Å²) in [5.41, 5.74) is 1.58. The number of carbonyl (C=O) groups is 1. The Kier molecular flexibility index (Phi) is 10.0. The van der Waals surface area contributed by atoms with Crippen molar-refractivity contribution in [3.8, 4) is 0 Å². The van der Waals surface area contributed by atoms with Crippen LogP contribution in [0.2, 0.25) is 0 Å². The van der Waals surface area contributed by atoms with E-state index in [0.717, 1.165) is 12.0 Å². The number of carbonyl (C=O) groups excluding carboxylic acids is 1. The predicted molar refractivity (Wildman–Crippen MR) is 96.6 cm³/mol. The van der Waals surface area contributed by atoms with Gasteiger partial charge >= 0.3 is 0 Å². The average molecular weight is 317 g/mol. The van der Waals surface area contributed by atoms with Gasteiger partial charge in [-0.1, -0.05) is 76.2 Å². The van der Waals surface area contributed by atoms with Crippen molar-refractivity contribution in [1.82, 2.24) is 5.06 Å². The van der Waals surface area contributed by atoms with Crippen LogP contribution in [-0.4, -0.2) is 23.2 Å². The van der Waals surface area contributed by atoms with E-state index in [1.807, 2.05) is 12.1 Å². The highest BCUT2D eigenvalue weighted by Gasteiger charge is 2.07. The molecule has 0 unspecified atom stereocenters. The molecule has 0 bridgehead atoms. The Morgan fingerprint density at radius 3 is 2.13 bits per heavy atom. The average Bonchev–Trinajstić information content (AvgIpc) is 2.56. The third-order valence-electron chi connectivity index (χ3n) is 3.99. The summed E-state index contributed by atoms with van der Waals surface area (Å²) in [6, 6.07) is 7.29. The molecule has 1 aromatic rings. The SMILES string of the molecule is CCCCCCCCCC/C=C/c1ccc(C(=O)N(C)O)cc1. The van der Waals surface area contributed by atoms with Crippen LogP contribution in [0.15, 0.2) is 30.3 Å².